The second-order valence-corrected chi connectivity index (χ2v) is 7.48. The average molecular weight is 369 g/mol. The van der Waals surface area contributed by atoms with Crippen molar-refractivity contribution in [3.05, 3.63) is 53.9 Å². The lowest BCUT2D eigenvalue weighted by atomic mass is 9.95. The van der Waals surface area contributed by atoms with E-state index in [1.54, 1.807) is 6.07 Å². The number of ether oxygens (including phenoxy) is 1. The van der Waals surface area contributed by atoms with Crippen LogP contribution < -0.4 is 4.74 Å². The molecule has 1 saturated heterocycles. The van der Waals surface area contributed by atoms with Gasteiger partial charge < -0.3 is 14.7 Å². The van der Waals surface area contributed by atoms with Gasteiger partial charge in [-0.2, -0.15) is 0 Å². The first kappa shape index (κ1) is 17.2. The average Bonchev–Trinajstić information content (AvgIpc) is 3.23. The molecule has 1 aromatic carbocycles. The Hall–Kier alpha value is -2.21. The second-order valence-electron chi connectivity index (χ2n) is 6.50. The molecular weight excluding hydrogens is 346 g/mol. The summed E-state index contributed by atoms with van der Waals surface area (Å²) in [5, 5.41) is 11.2. The molecule has 3 atom stereocenters. The van der Waals surface area contributed by atoms with E-state index >= 15 is 0 Å². The highest BCUT2D eigenvalue weighted by atomic mass is 32.2. The molecule has 2 aliphatic rings. The number of benzene rings is 1. The van der Waals surface area contributed by atoms with Crippen LogP contribution in [0.4, 0.5) is 0 Å². The number of phenolic OH excluding ortho intramolecular Hbond substituents is 1. The van der Waals surface area contributed by atoms with E-state index in [-0.39, 0.29) is 17.8 Å². The molecule has 1 N–H and O–H groups in total. The van der Waals surface area contributed by atoms with Crippen molar-refractivity contribution >= 4 is 16.9 Å². The summed E-state index contributed by atoms with van der Waals surface area (Å²) in [6.45, 7) is 4.66. The number of amidine groups is 1. The van der Waals surface area contributed by atoms with Crippen LogP contribution in [0.2, 0.25) is 0 Å². The first-order valence-corrected chi connectivity index (χ1v) is 10.1. The zero-order chi connectivity index (χ0) is 18.1. The maximum absolute atomic E-state index is 10.1. The molecule has 4 rings (SSSR count). The third-order valence-corrected chi connectivity index (χ3v) is 6.08. The fourth-order valence-corrected chi connectivity index (χ4v) is 5.03. The van der Waals surface area contributed by atoms with Gasteiger partial charge in [0.1, 0.15) is 6.04 Å². The predicted molar refractivity (Wildman–Crippen MR) is 105 cm³/mol. The molecule has 2 aromatic rings. The highest BCUT2D eigenvalue weighted by Crippen LogP contribution is 2.49. The molecule has 5 nitrogen and oxygen atoms in total. The molecule has 1 fully saturated rings. The molecule has 0 unspecified atom stereocenters. The number of hydrogen-bond acceptors (Lipinski definition) is 6. The van der Waals surface area contributed by atoms with Crippen LogP contribution in [0.1, 0.15) is 43.6 Å². The van der Waals surface area contributed by atoms with Gasteiger partial charge in [0, 0.05) is 18.0 Å². The summed E-state index contributed by atoms with van der Waals surface area (Å²) >= 11 is 1.83. The SMILES string of the molecule is CCOc1cc([C@H]2[C@@H](c3ccccn3)N=C3SC[C@@H](CC)N32)ccc1O. The highest BCUT2D eigenvalue weighted by Gasteiger charge is 2.45. The second kappa shape index (κ2) is 7.19. The van der Waals surface area contributed by atoms with Crippen molar-refractivity contribution in [2.75, 3.05) is 12.4 Å². The summed E-state index contributed by atoms with van der Waals surface area (Å²) in [5.74, 6) is 1.77. The number of rotatable bonds is 5. The predicted octanol–water partition coefficient (Wildman–Crippen LogP) is 4.17. The smallest absolute Gasteiger partial charge is 0.161 e. The van der Waals surface area contributed by atoms with Crippen LogP contribution in [-0.2, 0) is 0 Å². The van der Waals surface area contributed by atoms with E-state index < -0.39 is 0 Å². The van der Waals surface area contributed by atoms with E-state index in [4.69, 9.17) is 9.73 Å². The van der Waals surface area contributed by atoms with Crippen LogP contribution in [0.25, 0.3) is 0 Å². The lowest BCUT2D eigenvalue weighted by Crippen LogP contribution is -2.35. The van der Waals surface area contributed by atoms with Crippen LogP contribution >= 0.6 is 11.8 Å². The Balaban J connectivity index is 1.78. The van der Waals surface area contributed by atoms with Gasteiger partial charge in [0.2, 0.25) is 0 Å². The van der Waals surface area contributed by atoms with E-state index in [2.05, 4.69) is 16.8 Å². The van der Waals surface area contributed by atoms with Gasteiger partial charge in [0.05, 0.1) is 18.3 Å². The largest absolute Gasteiger partial charge is 0.504 e. The van der Waals surface area contributed by atoms with Crippen molar-refractivity contribution in [2.24, 2.45) is 4.99 Å². The Morgan fingerprint density at radius 1 is 1.27 bits per heavy atom. The quantitative estimate of drug-likeness (QED) is 0.857. The molecule has 3 heterocycles. The summed E-state index contributed by atoms with van der Waals surface area (Å²) in [6.07, 6.45) is 2.90. The van der Waals surface area contributed by atoms with Crippen molar-refractivity contribution in [3.8, 4) is 11.5 Å². The van der Waals surface area contributed by atoms with Crippen molar-refractivity contribution in [1.82, 2.24) is 9.88 Å². The number of aromatic hydroxyl groups is 1. The monoisotopic (exact) mass is 369 g/mol. The Morgan fingerprint density at radius 3 is 2.88 bits per heavy atom. The molecule has 136 valence electrons. The van der Waals surface area contributed by atoms with Crippen molar-refractivity contribution in [2.45, 2.75) is 38.4 Å². The molecule has 0 aliphatic carbocycles. The van der Waals surface area contributed by atoms with Crippen LogP contribution in [0.15, 0.2) is 47.6 Å². The van der Waals surface area contributed by atoms with E-state index in [9.17, 15) is 5.11 Å². The number of phenols is 1. The Kier molecular flexibility index (Phi) is 4.76. The first-order chi connectivity index (χ1) is 12.7. The summed E-state index contributed by atoms with van der Waals surface area (Å²) < 4.78 is 5.62. The maximum atomic E-state index is 10.1. The summed E-state index contributed by atoms with van der Waals surface area (Å²) in [4.78, 5) is 12.0. The minimum Gasteiger partial charge on any atom is -0.504 e. The number of aromatic nitrogens is 1. The van der Waals surface area contributed by atoms with E-state index in [0.717, 1.165) is 28.6 Å². The fraction of sp³-hybridized carbons (Fsp3) is 0.400. The molecular formula is C20H23N3O2S. The molecule has 0 radical (unpaired) electrons. The van der Waals surface area contributed by atoms with Gasteiger partial charge in [0.15, 0.2) is 16.7 Å². The van der Waals surface area contributed by atoms with Gasteiger partial charge in [-0.1, -0.05) is 30.8 Å². The highest BCUT2D eigenvalue weighted by molar-refractivity contribution is 8.14. The van der Waals surface area contributed by atoms with Gasteiger partial charge >= 0.3 is 0 Å². The van der Waals surface area contributed by atoms with Crippen molar-refractivity contribution in [3.63, 3.8) is 0 Å². The normalized spacial score (nSPS) is 24.5. The Morgan fingerprint density at radius 2 is 2.15 bits per heavy atom. The van der Waals surface area contributed by atoms with E-state index in [0.29, 0.717) is 18.4 Å². The van der Waals surface area contributed by atoms with Gasteiger partial charge in [-0.3, -0.25) is 9.98 Å². The van der Waals surface area contributed by atoms with Crippen LogP contribution in [0.3, 0.4) is 0 Å². The summed E-state index contributed by atoms with van der Waals surface area (Å²) in [7, 11) is 0. The topological polar surface area (TPSA) is 58.0 Å². The molecule has 0 saturated carbocycles. The van der Waals surface area contributed by atoms with Gasteiger partial charge in [-0.25, -0.2) is 0 Å². The number of pyridine rings is 1. The maximum Gasteiger partial charge on any atom is 0.161 e. The standard InChI is InChI=1S/C20H23N3O2S/c1-3-14-12-26-20-22-18(15-7-5-6-10-21-15)19(23(14)20)13-8-9-16(24)17(11-13)25-4-2/h5-11,14,18-19,24H,3-4,12H2,1-2H3/t14-,18-,19+/m1/s1. The summed E-state index contributed by atoms with van der Waals surface area (Å²) in [6, 6.07) is 12.1. The number of aliphatic imine (C=N–C) groups is 1. The molecule has 2 aliphatic heterocycles. The van der Waals surface area contributed by atoms with Crippen LogP contribution in [0, 0.1) is 0 Å². The molecule has 0 spiro atoms. The molecule has 0 amide bonds. The molecule has 6 heteroatoms. The Bertz CT molecular complexity index is 812. The number of thioether (sulfide) groups is 1. The van der Waals surface area contributed by atoms with Crippen molar-refractivity contribution < 1.29 is 9.84 Å². The minimum absolute atomic E-state index is 0.0490. The molecule has 26 heavy (non-hydrogen) atoms. The number of hydrogen-bond donors (Lipinski definition) is 1. The number of fused-ring (bicyclic) bond motifs is 1. The van der Waals surface area contributed by atoms with E-state index in [1.807, 2.05) is 55.2 Å². The van der Waals surface area contributed by atoms with Crippen LogP contribution in [-0.4, -0.2) is 38.6 Å². The van der Waals surface area contributed by atoms with Crippen LogP contribution in [0.5, 0.6) is 11.5 Å². The van der Waals surface area contributed by atoms with Gasteiger partial charge in [-0.05, 0) is 43.2 Å². The first-order valence-electron chi connectivity index (χ1n) is 9.08. The zero-order valence-corrected chi connectivity index (χ0v) is 15.8. The minimum atomic E-state index is -0.0490. The fourth-order valence-electron chi connectivity index (χ4n) is 3.70. The van der Waals surface area contributed by atoms with E-state index in [1.165, 1.54) is 0 Å². The Labute approximate surface area is 158 Å². The molecule has 1 aromatic heterocycles. The van der Waals surface area contributed by atoms with Crippen molar-refractivity contribution in [1.29, 1.82) is 0 Å². The zero-order valence-electron chi connectivity index (χ0n) is 15.0. The summed E-state index contributed by atoms with van der Waals surface area (Å²) in [5.41, 5.74) is 2.07. The molecule has 0 bridgehead atoms. The van der Waals surface area contributed by atoms with Gasteiger partial charge in [-0.15, -0.1) is 0 Å². The lowest BCUT2D eigenvalue weighted by molar-refractivity contribution is 0.253. The van der Waals surface area contributed by atoms with Gasteiger partial charge in [0.25, 0.3) is 0 Å². The third-order valence-electron chi connectivity index (χ3n) is 4.95. The number of nitrogens with zero attached hydrogens (tertiary/aromatic N) is 3. The lowest BCUT2D eigenvalue weighted by Gasteiger charge is -2.32. The third kappa shape index (κ3) is 2.92.